The van der Waals surface area contributed by atoms with Crippen molar-refractivity contribution < 1.29 is 34.1 Å². The maximum Gasteiger partial charge on any atom is 0.416 e. The van der Waals surface area contributed by atoms with Crippen molar-refractivity contribution in [2.75, 3.05) is 106 Å². The van der Waals surface area contributed by atoms with E-state index in [9.17, 15) is 24.6 Å². The molecule has 17 heteroatoms. The number of nitrogen functional groups attached to an aromatic ring is 1. The van der Waals surface area contributed by atoms with Gasteiger partial charge in [-0.15, -0.1) is 0 Å². The van der Waals surface area contributed by atoms with Gasteiger partial charge in [0.15, 0.2) is 0 Å². The second kappa shape index (κ2) is 46.2. The van der Waals surface area contributed by atoms with Crippen molar-refractivity contribution in [2.24, 2.45) is 11.8 Å². The predicted molar refractivity (Wildman–Crippen MR) is 388 cm³/mol. The number of hydrogen-bond acceptors (Lipinski definition) is 13. The topological polar surface area (TPSA) is 206 Å². The summed E-state index contributed by atoms with van der Waals surface area (Å²) >= 11 is 4.75. The second-order valence-corrected chi connectivity index (χ2v) is 22.6. The zero-order chi connectivity index (χ0) is 68.3. The van der Waals surface area contributed by atoms with E-state index >= 15 is 0 Å². The van der Waals surface area contributed by atoms with Crippen molar-refractivity contribution in [1.29, 1.82) is 0 Å². The number of halogens is 1. The van der Waals surface area contributed by atoms with E-state index < -0.39 is 11.5 Å². The first-order valence-corrected chi connectivity index (χ1v) is 34.3. The quantitative estimate of drug-likeness (QED) is 0.0373. The van der Waals surface area contributed by atoms with E-state index in [1.807, 2.05) is 153 Å². The lowest BCUT2D eigenvalue weighted by Gasteiger charge is -2.41. The number of benzene rings is 5. The number of aliphatic hydroxyl groups excluding tert-OH is 2. The smallest absolute Gasteiger partial charge is 0.416 e. The van der Waals surface area contributed by atoms with Gasteiger partial charge in [-0.3, -0.25) is 5.32 Å². The van der Waals surface area contributed by atoms with Gasteiger partial charge >= 0.3 is 17.6 Å². The number of amides is 3. The van der Waals surface area contributed by atoms with E-state index in [0.29, 0.717) is 41.6 Å². The third-order valence-corrected chi connectivity index (χ3v) is 16.5. The highest BCUT2D eigenvalue weighted by atomic mass is 35.5. The van der Waals surface area contributed by atoms with Crippen LogP contribution in [0.15, 0.2) is 164 Å². The zero-order valence-electron chi connectivity index (χ0n) is 57.9. The molecule has 4 fully saturated rings. The number of hydrogen-bond donors (Lipinski definition) is 8. The molecule has 6 aliphatic heterocycles. The second-order valence-electron chi connectivity index (χ2n) is 22.3. The van der Waals surface area contributed by atoms with E-state index in [2.05, 4.69) is 103 Å². The third kappa shape index (κ3) is 28.1. The monoisotopic (exact) mass is 1290 g/mol. The number of urea groups is 1. The van der Waals surface area contributed by atoms with Gasteiger partial charge in [-0.2, -0.15) is 0 Å². The molecule has 4 saturated heterocycles. The fraction of sp³-hybridized carbons (Fsp3) is 0.507. The van der Waals surface area contributed by atoms with E-state index in [1.54, 1.807) is 26.0 Å². The normalized spacial score (nSPS) is 16.9. The number of rotatable bonds is 10. The summed E-state index contributed by atoms with van der Waals surface area (Å²) in [5.41, 5.74) is 13.1. The van der Waals surface area contributed by atoms with E-state index in [0.717, 1.165) is 115 Å². The number of allylic oxidation sites excluding steroid dienone is 2. The summed E-state index contributed by atoms with van der Waals surface area (Å²) in [6, 6.07) is 45.6. The van der Waals surface area contributed by atoms with Gasteiger partial charge in [0.1, 0.15) is 0 Å². The van der Waals surface area contributed by atoms with Gasteiger partial charge in [-0.25, -0.2) is 14.4 Å². The first-order valence-electron chi connectivity index (χ1n) is 33.9. The Bertz CT molecular complexity index is 2770. The minimum Gasteiger partial charge on any atom is -0.420 e. The fourth-order valence-corrected chi connectivity index (χ4v) is 12.0. The molecule has 0 aromatic heterocycles. The molecule has 16 nitrogen and oxygen atoms in total. The third-order valence-electron chi connectivity index (χ3n) is 16.4. The van der Waals surface area contributed by atoms with Crippen LogP contribution in [0.5, 0.6) is 0 Å². The highest BCUT2D eigenvalue weighted by Crippen LogP contribution is 2.45. The predicted octanol–water partition coefficient (Wildman–Crippen LogP) is 16.6. The van der Waals surface area contributed by atoms with Gasteiger partial charge in [0.25, 0.3) is 0 Å². The average molecular weight is 1290 g/mol. The number of para-hydroxylation sites is 5. The van der Waals surface area contributed by atoms with E-state index in [1.165, 1.54) is 35.3 Å². The number of piperidine rings is 4. The van der Waals surface area contributed by atoms with Crippen molar-refractivity contribution in [3.8, 4) is 0 Å². The van der Waals surface area contributed by atoms with Crippen LogP contribution in [0.3, 0.4) is 0 Å². The van der Waals surface area contributed by atoms with Gasteiger partial charge in [0, 0.05) is 90.1 Å². The Morgan fingerprint density at radius 2 is 0.902 bits per heavy atom. The molecule has 92 heavy (non-hydrogen) atoms. The van der Waals surface area contributed by atoms with Crippen LogP contribution < -0.4 is 32.3 Å². The van der Waals surface area contributed by atoms with Crippen molar-refractivity contribution in [3.05, 3.63) is 175 Å². The van der Waals surface area contributed by atoms with Gasteiger partial charge in [-0.1, -0.05) is 173 Å². The number of carbonyl (C=O) groups excluding carboxylic acids is 3. The Morgan fingerprint density at radius 3 is 1.26 bits per heavy atom. The average Bonchev–Trinajstić information content (AvgIpc) is 1.62. The Morgan fingerprint density at radius 1 is 0.543 bits per heavy atom. The van der Waals surface area contributed by atoms with Crippen molar-refractivity contribution in [2.45, 2.75) is 157 Å². The molecule has 0 saturated carbocycles. The first kappa shape index (κ1) is 81.2. The summed E-state index contributed by atoms with van der Waals surface area (Å²) in [6.07, 6.45) is 7.66. The first-order chi connectivity index (χ1) is 44.6. The maximum atomic E-state index is 12.5. The van der Waals surface area contributed by atoms with E-state index in [-0.39, 0.29) is 29.6 Å². The van der Waals surface area contributed by atoms with Crippen LogP contribution in [0.2, 0.25) is 0 Å². The number of nitrogens with two attached hydrogens (primary N) is 1. The summed E-state index contributed by atoms with van der Waals surface area (Å²) in [5, 5.41) is 37.6. The van der Waals surface area contributed by atoms with Gasteiger partial charge in [-0.05, 0) is 176 Å². The molecule has 11 rings (SSSR count). The molecule has 2 unspecified atom stereocenters. The number of carbonyl (C=O) groups is 3. The number of nitrogens with one attached hydrogen (secondary N) is 5. The van der Waals surface area contributed by atoms with Crippen LogP contribution in [0, 0.1) is 11.8 Å². The van der Waals surface area contributed by atoms with Crippen LogP contribution >= 0.6 is 11.6 Å². The Labute approximate surface area is 559 Å². The standard InChI is InChI=1S/C26H34N4O2.C19H29N3O.C10H11NO2.C6H7N.C4H5ClO2.5C2H6/c31-24(20-10-14-30(15-11-20)25(32)28-21-6-2-1-3-7-21)18-29-16-12-26(13-17-29)19-27-23-9-5-4-8-22(23)26;23-18(15-5-9-20-10-6-15)13-22-11-7-19(8-12-22)14-21-17-4-2-1-3-16(17)19;1-8(2)13-10(12)11-9-6-4-3-5-7-9;7-6-4-2-1-3-5-6;1-3(2)7-4(5)6;5*1-2/h1-9,20,24,27,31H,10-19H2,(H,28,32);1-4,15,18,20-21,23H,5-14H2;3-7H,1H2,2H3,(H,11,12);1-5H,7H2;1H2,2H3;5*1-2H3. The summed E-state index contributed by atoms with van der Waals surface area (Å²) in [5.74, 6) is 1.43. The summed E-state index contributed by atoms with van der Waals surface area (Å²) in [7, 11) is 0. The van der Waals surface area contributed by atoms with Crippen molar-refractivity contribution in [1.82, 2.24) is 20.0 Å². The molecule has 3 amide bonds. The highest BCUT2D eigenvalue weighted by molar-refractivity contribution is 6.61. The lowest BCUT2D eigenvalue weighted by Crippen LogP contribution is -2.49. The number of anilines is 5. The number of likely N-dealkylation sites (tertiary alicyclic amines) is 3. The van der Waals surface area contributed by atoms with Crippen LogP contribution in [0.4, 0.5) is 42.8 Å². The van der Waals surface area contributed by atoms with Crippen LogP contribution in [-0.4, -0.2) is 133 Å². The number of ether oxygens (including phenoxy) is 2. The fourth-order valence-electron chi connectivity index (χ4n) is 11.8. The van der Waals surface area contributed by atoms with Crippen molar-refractivity contribution in [3.63, 3.8) is 0 Å². The van der Waals surface area contributed by atoms with Gasteiger partial charge < -0.3 is 61.4 Å². The Kier molecular flexibility index (Phi) is 40.8. The molecule has 2 atom stereocenters. The highest BCUT2D eigenvalue weighted by Gasteiger charge is 2.43. The summed E-state index contributed by atoms with van der Waals surface area (Å²) < 4.78 is 8.89. The Hall–Kier alpha value is -6.92. The molecule has 9 N–H and O–H groups in total. The van der Waals surface area contributed by atoms with Crippen LogP contribution in [-0.2, 0) is 20.3 Å². The lowest BCUT2D eigenvalue weighted by molar-refractivity contribution is 0.0266. The number of nitrogens with zero attached hydrogens (tertiary/aromatic N) is 3. The zero-order valence-corrected chi connectivity index (χ0v) is 58.6. The molecule has 6 heterocycles. The summed E-state index contributed by atoms with van der Waals surface area (Å²) in [4.78, 5) is 40.1. The van der Waals surface area contributed by atoms with Gasteiger partial charge in [0.2, 0.25) is 0 Å². The van der Waals surface area contributed by atoms with Gasteiger partial charge in [0.05, 0.1) is 23.7 Å². The number of fused-ring (bicyclic) bond motifs is 4. The molecule has 2 spiro atoms. The molecule has 6 aliphatic rings. The Balaban J connectivity index is 0.000000418. The minimum atomic E-state index is -0.840. The molecule has 5 aromatic carbocycles. The molecule has 0 radical (unpaired) electrons. The molecular formula is C75H116ClN9O7. The largest absolute Gasteiger partial charge is 0.420 e. The number of aliphatic hydroxyl groups is 2. The maximum absolute atomic E-state index is 12.5. The molecular weight excluding hydrogens is 1170 g/mol. The SMILES string of the molecule is C=C(C)OC(=O)Cl.C=C(C)OC(=O)Nc1ccccc1.CC.CC.CC.CC.CC.Nc1ccccc1.O=C(Nc1ccccc1)N1CCC(C(O)CN2CCC3(CC2)CNc2ccccc23)CC1.OC(CN1CCC2(CC1)CNc1ccccc12)C1CCNCC1. The molecule has 510 valence electrons. The minimum absolute atomic E-state index is 0.0454. The number of β-amino-alcohol motifs (C(OH)–C–C–N with tert-alkyl or cyclic N) is 2. The van der Waals surface area contributed by atoms with E-state index in [4.69, 9.17) is 22.1 Å². The van der Waals surface area contributed by atoms with Crippen LogP contribution in [0.25, 0.3) is 0 Å². The molecule has 5 aromatic rings. The van der Waals surface area contributed by atoms with Crippen LogP contribution in [0.1, 0.15) is 146 Å². The molecule has 0 bridgehead atoms. The summed E-state index contributed by atoms with van der Waals surface area (Å²) in [6.45, 7) is 41.4. The lowest BCUT2D eigenvalue weighted by atomic mass is 9.74. The van der Waals surface area contributed by atoms with Crippen molar-refractivity contribution >= 4 is 57.6 Å². The molecule has 0 aliphatic carbocycles.